The summed E-state index contributed by atoms with van der Waals surface area (Å²) in [6.45, 7) is 7.40. The molecule has 0 amide bonds. The maximum atomic E-state index is 11.1. The van der Waals surface area contributed by atoms with Crippen LogP contribution in [0.4, 0.5) is 0 Å². The Balaban J connectivity index is 3.11. The number of carbonyl (C=O) groups is 1. The molecule has 0 bridgehead atoms. The molecule has 0 atom stereocenters. The normalized spacial score (nSPS) is 10.1. The summed E-state index contributed by atoms with van der Waals surface area (Å²) in [5, 5.41) is 9.10. The summed E-state index contributed by atoms with van der Waals surface area (Å²) in [5.74, 6) is -0.726. The largest absolute Gasteiger partial charge is 0.478 e. The number of aromatic carboxylic acids is 1. The minimum atomic E-state index is -0.881. The summed E-state index contributed by atoms with van der Waals surface area (Å²) in [7, 11) is 0. The van der Waals surface area contributed by atoms with E-state index in [1.165, 1.54) is 0 Å². The number of carboxylic acid groups (broad SMARTS) is 1. The van der Waals surface area contributed by atoms with Crippen LogP contribution in [-0.2, 0) is 0 Å². The van der Waals surface area contributed by atoms with Gasteiger partial charge in [0.1, 0.15) is 0 Å². The van der Waals surface area contributed by atoms with E-state index in [9.17, 15) is 4.79 Å². The molecular formula is C14H16O2. The van der Waals surface area contributed by atoms with Crippen molar-refractivity contribution < 1.29 is 9.90 Å². The van der Waals surface area contributed by atoms with Crippen molar-refractivity contribution in [2.75, 3.05) is 0 Å². The van der Waals surface area contributed by atoms with Crippen molar-refractivity contribution in [3.63, 3.8) is 0 Å². The van der Waals surface area contributed by atoms with E-state index in [4.69, 9.17) is 5.11 Å². The fourth-order valence-electron chi connectivity index (χ4n) is 1.80. The van der Waals surface area contributed by atoms with Crippen molar-refractivity contribution >= 4 is 5.97 Å². The summed E-state index contributed by atoms with van der Waals surface area (Å²) in [4.78, 5) is 11.1. The SMILES string of the molecule is C=CCC(CC=C)c1ccccc1C(=O)O. The maximum absolute atomic E-state index is 11.1. The highest BCUT2D eigenvalue weighted by atomic mass is 16.4. The van der Waals surface area contributed by atoms with E-state index in [2.05, 4.69) is 13.2 Å². The number of rotatable bonds is 6. The molecule has 0 fully saturated rings. The van der Waals surface area contributed by atoms with Gasteiger partial charge in [0.2, 0.25) is 0 Å². The maximum Gasteiger partial charge on any atom is 0.335 e. The van der Waals surface area contributed by atoms with Crippen LogP contribution in [0.1, 0.15) is 34.7 Å². The van der Waals surface area contributed by atoms with Gasteiger partial charge < -0.3 is 5.11 Å². The van der Waals surface area contributed by atoms with Gasteiger partial charge in [-0.3, -0.25) is 0 Å². The Bertz CT molecular complexity index is 383. The molecule has 1 aromatic rings. The molecular weight excluding hydrogens is 200 g/mol. The predicted octanol–water partition coefficient (Wildman–Crippen LogP) is 3.62. The topological polar surface area (TPSA) is 37.3 Å². The summed E-state index contributed by atoms with van der Waals surface area (Å²) < 4.78 is 0. The Labute approximate surface area is 95.9 Å². The lowest BCUT2D eigenvalue weighted by Crippen LogP contribution is -2.06. The van der Waals surface area contributed by atoms with Gasteiger partial charge in [-0.05, 0) is 30.4 Å². The highest BCUT2D eigenvalue weighted by Gasteiger charge is 2.16. The molecule has 1 aromatic carbocycles. The van der Waals surface area contributed by atoms with Crippen molar-refractivity contribution in [2.24, 2.45) is 0 Å². The van der Waals surface area contributed by atoms with Crippen LogP contribution in [0.25, 0.3) is 0 Å². The Hall–Kier alpha value is -1.83. The third-order valence-electron chi connectivity index (χ3n) is 2.53. The minimum Gasteiger partial charge on any atom is -0.478 e. The molecule has 0 spiro atoms. The lowest BCUT2D eigenvalue weighted by molar-refractivity contribution is 0.0695. The number of hydrogen-bond donors (Lipinski definition) is 1. The van der Waals surface area contributed by atoms with Crippen LogP contribution < -0.4 is 0 Å². The van der Waals surface area contributed by atoms with Gasteiger partial charge in [0.05, 0.1) is 5.56 Å². The molecule has 0 heterocycles. The van der Waals surface area contributed by atoms with Crippen molar-refractivity contribution in [2.45, 2.75) is 18.8 Å². The molecule has 0 unspecified atom stereocenters. The molecule has 0 saturated heterocycles. The number of benzene rings is 1. The smallest absolute Gasteiger partial charge is 0.335 e. The van der Waals surface area contributed by atoms with Gasteiger partial charge in [0, 0.05) is 0 Å². The first-order valence-electron chi connectivity index (χ1n) is 5.24. The lowest BCUT2D eigenvalue weighted by atomic mass is 9.89. The van der Waals surface area contributed by atoms with Crippen LogP contribution in [0.2, 0.25) is 0 Å². The second-order valence-corrected chi connectivity index (χ2v) is 3.64. The molecule has 0 aromatic heterocycles. The summed E-state index contributed by atoms with van der Waals surface area (Å²) >= 11 is 0. The van der Waals surface area contributed by atoms with Crippen molar-refractivity contribution in [1.82, 2.24) is 0 Å². The summed E-state index contributed by atoms with van der Waals surface area (Å²) in [6.07, 6.45) is 5.15. The van der Waals surface area contributed by atoms with E-state index < -0.39 is 5.97 Å². The van der Waals surface area contributed by atoms with Crippen LogP contribution >= 0.6 is 0 Å². The van der Waals surface area contributed by atoms with Crippen LogP contribution in [0.15, 0.2) is 49.6 Å². The van der Waals surface area contributed by atoms with E-state index in [1.807, 2.05) is 24.3 Å². The third kappa shape index (κ3) is 2.83. The molecule has 2 nitrogen and oxygen atoms in total. The van der Waals surface area contributed by atoms with Gasteiger partial charge in [0.15, 0.2) is 0 Å². The van der Waals surface area contributed by atoms with Crippen LogP contribution in [0.3, 0.4) is 0 Å². The van der Waals surface area contributed by atoms with E-state index in [1.54, 1.807) is 12.1 Å². The van der Waals surface area contributed by atoms with Gasteiger partial charge in [-0.25, -0.2) is 4.79 Å². The van der Waals surface area contributed by atoms with Gasteiger partial charge in [0.25, 0.3) is 0 Å². The number of carboxylic acids is 1. The summed E-state index contributed by atoms with van der Waals surface area (Å²) in [5.41, 5.74) is 1.23. The van der Waals surface area contributed by atoms with E-state index >= 15 is 0 Å². The van der Waals surface area contributed by atoms with Crippen LogP contribution in [0, 0.1) is 0 Å². The molecule has 0 aliphatic heterocycles. The summed E-state index contributed by atoms with van der Waals surface area (Å²) in [6, 6.07) is 7.10. The molecule has 2 heteroatoms. The zero-order valence-corrected chi connectivity index (χ0v) is 9.23. The molecule has 1 rings (SSSR count). The average molecular weight is 216 g/mol. The predicted molar refractivity (Wildman–Crippen MR) is 65.8 cm³/mol. The highest BCUT2D eigenvalue weighted by molar-refractivity contribution is 5.89. The molecule has 16 heavy (non-hydrogen) atoms. The van der Waals surface area contributed by atoms with Crippen molar-refractivity contribution in [1.29, 1.82) is 0 Å². The fourth-order valence-corrected chi connectivity index (χ4v) is 1.80. The second-order valence-electron chi connectivity index (χ2n) is 3.64. The quantitative estimate of drug-likeness (QED) is 0.737. The lowest BCUT2D eigenvalue weighted by Gasteiger charge is -2.15. The highest BCUT2D eigenvalue weighted by Crippen LogP contribution is 2.27. The molecule has 0 aliphatic rings. The monoisotopic (exact) mass is 216 g/mol. The van der Waals surface area contributed by atoms with Gasteiger partial charge in [-0.1, -0.05) is 30.4 Å². The third-order valence-corrected chi connectivity index (χ3v) is 2.53. The standard InChI is InChI=1S/C14H16O2/c1-3-7-11(8-4-2)12-9-5-6-10-13(12)14(15)16/h3-6,9-11H,1-2,7-8H2,(H,15,16). The molecule has 0 radical (unpaired) electrons. The van der Waals surface area contributed by atoms with Gasteiger partial charge in [-0.2, -0.15) is 0 Å². The number of hydrogen-bond acceptors (Lipinski definition) is 1. The van der Waals surface area contributed by atoms with E-state index in [0.29, 0.717) is 5.56 Å². The Morgan fingerprint density at radius 1 is 1.25 bits per heavy atom. The Kier molecular flexibility index (Phi) is 4.52. The zero-order chi connectivity index (χ0) is 12.0. The van der Waals surface area contributed by atoms with Crippen LogP contribution in [-0.4, -0.2) is 11.1 Å². The Morgan fingerprint density at radius 2 is 1.81 bits per heavy atom. The molecule has 84 valence electrons. The first kappa shape index (κ1) is 12.2. The van der Waals surface area contributed by atoms with Crippen LogP contribution in [0.5, 0.6) is 0 Å². The second kappa shape index (κ2) is 5.91. The Morgan fingerprint density at radius 3 is 2.31 bits per heavy atom. The van der Waals surface area contributed by atoms with Crippen molar-refractivity contribution in [3.8, 4) is 0 Å². The van der Waals surface area contributed by atoms with E-state index in [-0.39, 0.29) is 5.92 Å². The average Bonchev–Trinajstić information content (AvgIpc) is 2.29. The van der Waals surface area contributed by atoms with Gasteiger partial charge >= 0.3 is 5.97 Å². The molecule has 0 saturated carbocycles. The first-order chi connectivity index (χ1) is 7.70. The van der Waals surface area contributed by atoms with E-state index in [0.717, 1.165) is 18.4 Å². The fraction of sp³-hybridized carbons (Fsp3) is 0.214. The molecule has 1 N–H and O–H groups in total. The van der Waals surface area contributed by atoms with Gasteiger partial charge in [-0.15, -0.1) is 13.2 Å². The van der Waals surface area contributed by atoms with Crippen molar-refractivity contribution in [3.05, 3.63) is 60.7 Å². The first-order valence-corrected chi connectivity index (χ1v) is 5.24. The molecule has 0 aliphatic carbocycles. The minimum absolute atomic E-state index is 0.155. The number of allylic oxidation sites excluding steroid dienone is 2. The zero-order valence-electron chi connectivity index (χ0n) is 9.23.